The quantitative estimate of drug-likeness (QED) is 0.719. The molecular weight excluding hydrogens is 336 g/mol. The van der Waals surface area contributed by atoms with Crippen molar-refractivity contribution in [3.05, 3.63) is 54.7 Å². The molecular formula is C22H22N4O. The Kier molecular flexibility index (Phi) is 4.00. The summed E-state index contributed by atoms with van der Waals surface area (Å²) in [5.74, 6) is 1.06. The summed E-state index contributed by atoms with van der Waals surface area (Å²) in [5.41, 5.74) is 2.04. The van der Waals surface area contributed by atoms with E-state index in [-0.39, 0.29) is 0 Å². The maximum absolute atomic E-state index is 12.0. The topological polar surface area (TPSA) is 49.3 Å². The van der Waals surface area contributed by atoms with Gasteiger partial charge >= 0.3 is 0 Å². The summed E-state index contributed by atoms with van der Waals surface area (Å²) < 4.78 is 0. The summed E-state index contributed by atoms with van der Waals surface area (Å²) in [7, 11) is 0. The van der Waals surface area contributed by atoms with Crippen LogP contribution in [-0.2, 0) is 4.79 Å². The van der Waals surface area contributed by atoms with E-state index in [0.29, 0.717) is 18.4 Å². The van der Waals surface area contributed by atoms with Gasteiger partial charge in [0.15, 0.2) is 0 Å². The predicted octanol–water partition coefficient (Wildman–Crippen LogP) is 3.50. The van der Waals surface area contributed by atoms with Gasteiger partial charge in [-0.05, 0) is 35.7 Å². The molecule has 2 fully saturated rings. The number of nitrogens with zero attached hydrogens (tertiary/aromatic N) is 4. The fraction of sp³-hybridized carbons (Fsp3) is 0.318. The Morgan fingerprint density at radius 2 is 1.89 bits per heavy atom. The summed E-state index contributed by atoms with van der Waals surface area (Å²) in [6, 6.07) is 17.0. The molecule has 0 saturated carbocycles. The van der Waals surface area contributed by atoms with Gasteiger partial charge in [-0.3, -0.25) is 4.79 Å². The number of fused-ring (bicyclic) bond motifs is 1. The number of hydrogen-bond donors (Lipinski definition) is 0. The average molecular weight is 358 g/mol. The molecule has 1 amide bonds. The van der Waals surface area contributed by atoms with E-state index in [0.717, 1.165) is 49.7 Å². The Labute approximate surface area is 158 Å². The molecule has 3 heterocycles. The van der Waals surface area contributed by atoms with E-state index in [2.05, 4.69) is 52.3 Å². The maximum Gasteiger partial charge on any atom is 0.225 e. The summed E-state index contributed by atoms with van der Waals surface area (Å²) >= 11 is 0. The first kappa shape index (κ1) is 16.2. The first-order valence-corrected chi connectivity index (χ1v) is 9.64. The number of hydrogen-bond acceptors (Lipinski definition) is 4. The Balaban J connectivity index is 1.39. The molecule has 2 aliphatic heterocycles. The molecule has 5 rings (SSSR count). The predicted molar refractivity (Wildman–Crippen MR) is 107 cm³/mol. The molecule has 2 saturated heterocycles. The molecule has 0 bridgehead atoms. The van der Waals surface area contributed by atoms with E-state index in [1.54, 1.807) is 0 Å². The largest absolute Gasteiger partial charge is 0.339 e. The highest BCUT2D eigenvalue weighted by Crippen LogP contribution is 2.27. The SMILES string of the molecule is O=C1CCCN1[C@@H]1CCN(c2nccc(-c3ccc4ccccc4c3)n2)C1. The maximum atomic E-state index is 12.0. The second-order valence-electron chi connectivity index (χ2n) is 7.38. The molecule has 136 valence electrons. The van der Waals surface area contributed by atoms with Crippen molar-refractivity contribution in [2.24, 2.45) is 0 Å². The molecule has 0 unspecified atom stereocenters. The zero-order chi connectivity index (χ0) is 18.2. The minimum atomic E-state index is 0.299. The van der Waals surface area contributed by atoms with Crippen LogP contribution in [0, 0.1) is 0 Å². The molecule has 0 radical (unpaired) electrons. The van der Waals surface area contributed by atoms with E-state index >= 15 is 0 Å². The van der Waals surface area contributed by atoms with Crippen molar-refractivity contribution in [1.82, 2.24) is 14.9 Å². The fourth-order valence-electron chi connectivity index (χ4n) is 4.24. The smallest absolute Gasteiger partial charge is 0.225 e. The third-order valence-corrected chi connectivity index (χ3v) is 5.69. The summed E-state index contributed by atoms with van der Waals surface area (Å²) in [4.78, 5) is 25.6. The molecule has 5 nitrogen and oxygen atoms in total. The molecule has 1 atom stereocenters. The Bertz CT molecular complexity index is 1000. The van der Waals surface area contributed by atoms with Crippen molar-refractivity contribution in [3.8, 4) is 11.3 Å². The van der Waals surface area contributed by atoms with Crippen LogP contribution < -0.4 is 4.90 Å². The van der Waals surface area contributed by atoms with Crippen molar-refractivity contribution < 1.29 is 4.79 Å². The van der Waals surface area contributed by atoms with Crippen LogP contribution in [0.15, 0.2) is 54.7 Å². The van der Waals surface area contributed by atoms with Gasteiger partial charge < -0.3 is 9.80 Å². The Hall–Kier alpha value is -2.95. The molecule has 2 aromatic carbocycles. The van der Waals surface area contributed by atoms with Crippen LogP contribution in [0.5, 0.6) is 0 Å². The Morgan fingerprint density at radius 3 is 2.74 bits per heavy atom. The van der Waals surface area contributed by atoms with Crippen molar-refractivity contribution in [1.29, 1.82) is 0 Å². The van der Waals surface area contributed by atoms with E-state index in [4.69, 9.17) is 4.98 Å². The van der Waals surface area contributed by atoms with Gasteiger partial charge in [0.2, 0.25) is 11.9 Å². The molecule has 0 N–H and O–H groups in total. The lowest BCUT2D eigenvalue weighted by Crippen LogP contribution is -2.38. The second kappa shape index (κ2) is 6.65. The van der Waals surface area contributed by atoms with Gasteiger partial charge in [-0.15, -0.1) is 0 Å². The lowest BCUT2D eigenvalue weighted by atomic mass is 10.1. The molecule has 5 heteroatoms. The number of carbonyl (C=O) groups is 1. The third kappa shape index (κ3) is 3.03. The van der Waals surface area contributed by atoms with Crippen LogP contribution in [0.2, 0.25) is 0 Å². The molecule has 2 aliphatic rings. The lowest BCUT2D eigenvalue weighted by Gasteiger charge is -2.24. The van der Waals surface area contributed by atoms with E-state index in [1.165, 1.54) is 10.8 Å². The zero-order valence-corrected chi connectivity index (χ0v) is 15.2. The van der Waals surface area contributed by atoms with Crippen molar-refractivity contribution in [2.45, 2.75) is 25.3 Å². The van der Waals surface area contributed by atoms with Gasteiger partial charge in [0, 0.05) is 37.8 Å². The minimum Gasteiger partial charge on any atom is -0.339 e. The van der Waals surface area contributed by atoms with Crippen LogP contribution >= 0.6 is 0 Å². The van der Waals surface area contributed by atoms with Crippen LogP contribution in [0.25, 0.3) is 22.0 Å². The monoisotopic (exact) mass is 358 g/mol. The summed E-state index contributed by atoms with van der Waals surface area (Å²) in [5, 5.41) is 2.44. The summed E-state index contributed by atoms with van der Waals surface area (Å²) in [6.45, 7) is 2.62. The Morgan fingerprint density at radius 1 is 1.00 bits per heavy atom. The number of anilines is 1. The van der Waals surface area contributed by atoms with Crippen LogP contribution in [0.4, 0.5) is 5.95 Å². The highest BCUT2D eigenvalue weighted by atomic mass is 16.2. The van der Waals surface area contributed by atoms with Crippen LogP contribution in [-0.4, -0.2) is 46.5 Å². The number of amides is 1. The molecule has 1 aromatic heterocycles. The molecule has 0 spiro atoms. The van der Waals surface area contributed by atoms with Crippen molar-refractivity contribution in [3.63, 3.8) is 0 Å². The van der Waals surface area contributed by atoms with Crippen LogP contribution in [0.3, 0.4) is 0 Å². The second-order valence-corrected chi connectivity index (χ2v) is 7.38. The first-order valence-electron chi connectivity index (χ1n) is 9.64. The molecule has 3 aromatic rings. The highest BCUT2D eigenvalue weighted by molar-refractivity contribution is 5.86. The number of carbonyl (C=O) groups excluding carboxylic acids is 1. The first-order chi connectivity index (χ1) is 13.3. The minimum absolute atomic E-state index is 0.299. The van der Waals surface area contributed by atoms with Crippen molar-refractivity contribution in [2.75, 3.05) is 24.5 Å². The summed E-state index contributed by atoms with van der Waals surface area (Å²) in [6.07, 6.45) is 4.52. The third-order valence-electron chi connectivity index (χ3n) is 5.69. The molecule has 27 heavy (non-hydrogen) atoms. The number of likely N-dealkylation sites (tertiary alicyclic amines) is 1. The van der Waals surface area contributed by atoms with E-state index < -0.39 is 0 Å². The van der Waals surface area contributed by atoms with Crippen molar-refractivity contribution >= 4 is 22.6 Å². The highest BCUT2D eigenvalue weighted by Gasteiger charge is 2.33. The van der Waals surface area contributed by atoms with Gasteiger partial charge in [0.05, 0.1) is 11.7 Å². The zero-order valence-electron chi connectivity index (χ0n) is 15.2. The van der Waals surface area contributed by atoms with Gasteiger partial charge in [0.1, 0.15) is 0 Å². The standard InChI is InChI=1S/C22H22N4O/c27-21-6-3-12-26(21)19-10-13-25(15-19)22-23-11-9-20(24-22)18-8-7-16-4-1-2-5-17(16)14-18/h1-2,4-5,7-9,11,14,19H,3,6,10,12-13,15H2/t19-/m1/s1. The van der Waals surface area contributed by atoms with Gasteiger partial charge in [-0.2, -0.15) is 0 Å². The number of aromatic nitrogens is 2. The number of benzene rings is 2. The lowest BCUT2D eigenvalue weighted by molar-refractivity contribution is -0.129. The normalized spacial score (nSPS) is 20.0. The van der Waals surface area contributed by atoms with Crippen LogP contribution in [0.1, 0.15) is 19.3 Å². The molecule has 0 aliphatic carbocycles. The number of rotatable bonds is 3. The fourth-order valence-corrected chi connectivity index (χ4v) is 4.24. The van der Waals surface area contributed by atoms with Gasteiger partial charge in [0.25, 0.3) is 0 Å². The average Bonchev–Trinajstić information content (AvgIpc) is 3.36. The van der Waals surface area contributed by atoms with E-state index in [9.17, 15) is 4.79 Å². The van der Waals surface area contributed by atoms with Gasteiger partial charge in [-0.1, -0.05) is 36.4 Å². The van der Waals surface area contributed by atoms with E-state index in [1.807, 2.05) is 17.2 Å². The van der Waals surface area contributed by atoms with Gasteiger partial charge in [-0.25, -0.2) is 9.97 Å².